The Kier molecular flexibility index (Phi) is 7.10. The van der Waals surface area contributed by atoms with E-state index in [9.17, 15) is 14.7 Å². The predicted octanol–water partition coefficient (Wildman–Crippen LogP) is 5.86. The van der Waals surface area contributed by atoms with Crippen molar-refractivity contribution in [2.24, 2.45) is 0 Å². The number of ether oxygens (including phenoxy) is 1. The van der Waals surface area contributed by atoms with Gasteiger partial charge in [0.25, 0.3) is 5.56 Å². The molecule has 2 aromatic carbocycles. The molecule has 0 saturated carbocycles. The lowest BCUT2D eigenvalue weighted by Crippen LogP contribution is -2.51. The fraction of sp³-hybridized carbons (Fsp3) is 0.281. The van der Waals surface area contributed by atoms with E-state index >= 15 is 0 Å². The van der Waals surface area contributed by atoms with Crippen LogP contribution in [0.3, 0.4) is 0 Å². The fourth-order valence-electron chi connectivity index (χ4n) is 5.34. The van der Waals surface area contributed by atoms with Crippen LogP contribution >= 0.6 is 0 Å². The Balaban J connectivity index is 1.34. The van der Waals surface area contributed by atoms with Crippen LogP contribution in [0.2, 0.25) is 0 Å². The molecule has 1 fully saturated rings. The van der Waals surface area contributed by atoms with Crippen LogP contribution in [-0.2, 0) is 10.3 Å². The minimum Gasteiger partial charge on any atom is -0.438 e. The van der Waals surface area contributed by atoms with Crippen LogP contribution in [0.1, 0.15) is 50.8 Å². The third-order valence-electron chi connectivity index (χ3n) is 7.25. The summed E-state index contributed by atoms with van der Waals surface area (Å²) in [5, 5.41) is 10.6. The highest BCUT2D eigenvalue weighted by molar-refractivity contribution is 5.70. The lowest BCUT2D eigenvalue weighted by atomic mass is 9.80. The van der Waals surface area contributed by atoms with Gasteiger partial charge < -0.3 is 14.7 Å². The van der Waals surface area contributed by atoms with Gasteiger partial charge in [0.2, 0.25) is 0 Å². The fourth-order valence-corrected chi connectivity index (χ4v) is 5.34. The molecule has 7 nitrogen and oxygen atoms in total. The first-order chi connectivity index (χ1) is 18.7. The largest absolute Gasteiger partial charge is 0.438 e. The highest BCUT2D eigenvalue weighted by Crippen LogP contribution is 2.42. The summed E-state index contributed by atoms with van der Waals surface area (Å²) in [6, 6.07) is 28.0. The highest BCUT2D eigenvalue weighted by Gasteiger charge is 2.46. The molecule has 2 aromatic heterocycles. The lowest BCUT2D eigenvalue weighted by molar-refractivity contribution is -0.101. The average Bonchev–Trinajstić information content (AvgIpc) is 2.93. The van der Waals surface area contributed by atoms with Crippen molar-refractivity contribution in [2.45, 2.75) is 50.9 Å². The van der Waals surface area contributed by atoms with Crippen molar-refractivity contribution in [1.29, 1.82) is 0 Å². The molecular formula is C32H33N3O4. The number of hydrogen-bond acceptors (Lipinski definition) is 5. The molecule has 1 saturated heterocycles. The lowest BCUT2D eigenvalue weighted by Gasteiger charge is -2.45. The second kappa shape index (κ2) is 10.5. The molecule has 5 rings (SSSR count). The summed E-state index contributed by atoms with van der Waals surface area (Å²) in [6.07, 6.45) is 2.19. The van der Waals surface area contributed by atoms with Crippen LogP contribution in [0, 0.1) is 0 Å². The van der Waals surface area contributed by atoms with E-state index in [1.54, 1.807) is 43.1 Å². The first-order valence-electron chi connectivity index (χ1n) is 13.2. The van der Waals surface area contributed by atoms with E-state index in [2.05, 4.69) is 4.98 Å². The van der Waals surface area contributed by atoms with Gasteiger partial charge in [-0.2, -0.15) is 0 Å². The number of pyridine rings is 2. The number of carbonyl (C=O) groups excluding carboxylic acids is 1. The van der Waals surface area contributed by atoms with E-state index in [4.69, 9.17) is 4.74 Å². The van der Waals surface area contributed by atoms with Gasteiger partial charge in [0.1, 0.15) is 11.4 Å². The molecule has 200 valence electrons. The molecule has 1 aliphatic heterocycles. The molecule has 1 N–H and O–H groups in total. The van der Waals surface area contributed by atoms with Crippen molar-refractivity contribution in [3.8, 4) is 17.1 Å². The van der Waals surface area contributed by atoms with E-state index in [1.807, 2.05) is 73.7 Å². The molecule has 0 spiro atoms. The number of rotatable bonds is 7. The third-order valence-corrected chi connectivity index (χ3v) is 7.25. The summed E-state index contributed by atoms with van der Waals surface area (Å²) in [7, 11) is 0. The molecule has 4 aromatic rings. The van der Waals surface area contributed by atoms with Gasteiger partial charge in [0, 0.05) is 37.2 Å². The summed E-state index contributed by atoms with van der Waals surface area (Å²) < 4.78 is 7.65. The van der Waals surface area contributed by atoms with Gasteiger partial charge >= 0.3 is 6.09 Å². The zero-order chi connectivity index (χ0) is 27.6. The highest BCUT2D eigenvalue weighted by atomic mass is 16.6. The minimum absolute atomic E-state index is 0.140. The van der Waals surface area contributed by atoms with Crippen molar-refractivity contribution < 1.29 is 14.6 Å². The Morgan fingerprint density at radius 1 is 0.949 bits per heavy atom. The first kappa shape index (κ1) is 26.4. The van der Waals surface area contributed by atoms with E-state index in [1.165, 1.54) is 10.6 Å². The number of benzene rings is 2. The molecule has 7 heteroatoms. The third kappa shape index (κ3) is 5.64. The van der Waals surface area contributed by atoms with Crippen LogP contribution in [0.5, 0.6) is 0 Å². The predicted molar refractivity (Wildman–Crippen MR) is 151 cm³/mol. The van der Waals surface area contributed by atoms with Crippen molar-refractivity contribution in [3.05, 3.63) is 119 Å². The number of aliphatic hydroxyl groups is 1. The number of carbonyl (C=O) groups is 1. The van der Waals surface area contributed by atoms with Crippen LogP contribution < -0.4 is 5.56 Å². The van der Waals surface area contributed by atoms with Gasteiger partial charge in [-0.25, -0.2) is 9.78 Å². The minimum atomic E-state index is -1.00. The first-order valence-corrected chi connectivity index (χ1v) is 13.2. The van der Waals surface area contributed by atoms with Crippen molar-refractivity contribution in [1.82, 2.24) is 14.5 Å². The number of cyclic esters (lactones) is 1. The molecular weight excluding hydrogens is 490 g/mol. The molecule has 1 amide bonds. The molecule has 2 atom stereocenters. The Hall–Kier alpha value is -4.23. The summed E-state index contributed by atoms with van der Waals surface area (Å²) in [6.45, 7) is 5.97. The van der Waals surface area contributed by atoms with Crippen LogP contribution in [-0.4, -0.2) is 37.8 Å². The van der Waals surface area contributed by atoms with Gasteiger partial charge in [-0.1, -0.05) is 66.7 Å². The van der Waals surface area contributed by atoms with E-state index < -0.39 is 17.3 Å². The molecule has 0 aliphatic carbocycles. The van der Waals surface area contributed by atoms with Crippen LogP contribution in [0.25, 0.3) is 17.1 Å². The maximum absolute atomic E-state index is 13.4. The second-order valence-electron chi connectivity index (χ2n) is 10.7. The zero-order valence-corrected chi connectivity index (χ0v) is 22.4. The molecule has 0 radical (unpaired) electrons. The summed E-state index contributed by atoms with van der Waals surface area (Å²) >= 11 is 0. The number of amides is 1. The maximum Gasteiger partial charge on any atom is 0.411 e. The van der Waals surface area contributed by atoms with E-state index in [0.29, 0.717) is 25.2 Å². The molecule has 39 heavy (non-hydrogen) atoms. The number of aromatic nitrogens is 2. The van der Waals surface area contributed by atoms with Crippen molar-refractivity contribution >= 4 is 6.09 Å². The molecule has 0 bridgehead atoms. The molecule has 1 aliphatic rings. The van der Waals surface area contributed by atoms with Gasteiger partial charge in [-0.05, 0) is 50.1 Å². The number of nitrogens with zero attached hydrogens (tertiary/aromatic N) is 3. The topological polar surface area (TPSA) is 84.7 Å². The second-order valence-corrected chi connectivity index (χ2v) is 10.7. The monoisotopic (exact) mass is 523 g/mol. The Morgan fingerprint density at radius 2 is 1.67 bits per heavy atom. The van der Waals surface area contributed by atoms with Crippen LogP contribution in [0.15, 0.2) is 102 Å². The molecule has 2 unspecified atom stereocenters. The van der Waals surface area contributed by atoms with Gasteiger partial charge in [-0.3, -0.25) is 9.36 Å². The quantitative estimate of drug-likeness (QED) is 0.328. The van der Waals surface area contributed by atoms with E-state index in [0.717, 1.165) is 22.4 Å². The summed E-state index contributed by atoms with van der Waals surface area (Å²) in [4.78, 5) is 32.0. The smallest absolute Gasteiger partial charge is 0.411 e. The SMILES string of the molecule is CC(c1ccc(-c2cccc(-n3ccccc3=O)n2)cc1)N1CCC(CC(C)(C)O)(c2ccccc2)OC1=O. The van der Waals surface area contributed by atoms with Crippen LogP contribution in [0.4, 0.5) is 4.79 Å². The normalized spacial score (nSPS) is 18.5. The molecule has 3 heterocycles. The average molecular weight is 524 g/mol. The maximum atomic E-state index is 13.4. The Morgan fingerprint density at radius 3 is 2.33 bits per heavy atom. The van der Waals surface area contributed by atoms with Gasteiger partial charge in [-0.15, -0.1) is 0 Å². The zero-order valence-electron chi connectivity index (χ0n) is 22.4. The van der Waals surface area contributed by atoms with Crippen molar-refractivity contribution in [2.75, 3.05) is 6.54 Å². The van der Waals surface area contributed by atoms with Crippen molar-refractivity contribution in [3.63, 3.8) is 0 Å². The van der Waals surface area contributed by atoms with E-state index in [-0.39, 0.29) is 11.6 Å². The Labute approximate surface area is 228 Å². The standard InChI is InChI=1S/C32H33N3O4/c1-23(34-21-19-32(39-30(34)37,22-31(2,3)38)26-10-5-4-6-11-26)24-15-17-25(18-16-24)27-12-9-13-28(33-27)35-20-8-7-14-29(35)36/h4-18,20,23,38H,19,21-22H2,1-3H3. The summed E-state index contributed by atoms with van der Waals surface area (Å²) in [5.41, 5.74) is 1.50. The Bertz CT molecular complexity index is 1510. The number of hydrogen-bond donors (Lipinski definition) is 1. The van der Waals surface area contributed by atoms with Gasteiger partial charge in [0.05, 0.1) is 17.3 Å². The summed E-state index contributed by atoms with van der Waals surface area (Å²) in [5.74, 6) is 0.555. The van der Waals surface area contributed by atoms with Gasteiger partial charge in [0.15, 0.2) is 0 Å².